The minimum absolute atomic E-state index is 0.162. The summed E-state index contributed by atoms with van der Waals surface area (Å²) in [4.78, 5) is 32.8. The zero-order valence-corrected chi connectivity index (χ0v) is 13.5. The number of H-pyrrole nitrogens is 1. The van der Waals surface area contributed by atoms with E-state index in [1.165, 1.54) is 31.3 Å². The summed E-state index contributed by atoms with van der Waals surface area (Å²) in [6.07, 6.45) is 3.69. The zero-order valence-electron chi connectivity index (χ0n) is 13.5. The first-order valence-corrected chi connectivity index (χ1v) is 8.04. The molecule has 2 aromatic rings. The average Bonchev–Trinajstić information content (AvgIpc) is 2.55. The van der Waals surface area contributed by atoms with Crippen LogP contribution < -0.4 is 10.5 Å². The molecule has 23 heavy (non-hydrogen) atoms. The molecule has 1 aliphatic heterocycles. The number of nitrogens with zero attached hydrogens (tertiary/aromatic N) is 1. The van der Waals surface area contributed by atoms with Crippen molar-refractivity contribution >= 4 is 16.9 Å². The van der Waals surface area contributed by atoms with Gasteiger partial charge >= 0.3 is 5.97 Å². The first-order valence-electron chi connectivity index (χ1n) is 8.04. The second kappa shape index (κ2) is 6.50. The lowest BCUT2D eigenvalue weighted by Gasteiger charge is -2.29. The van der Waals surface area contributed by atoms with Crippen LogP contribution in [0.2, 0.25) is 0 Å². The van der Waals surface area contributed by atoms with Crippen LogP contribution in [0.3, 0.4) is 0 Å². The van der Waals surface area contributed by atoms with Gasteiger partial charge in [-0.2, -0.15) is 0 Å². The van der Waals surface area contributed by atoms with Gasteiger partial charge in [0.2, 0.25) is 0 Å². The third-order valence-electron chi connectivity index (χ3n) is 4.65. The molecule has 3 rings (SSSR count). The molecule has 1 aliphatic rings. The van der Waals surface area contributed by atoms with E-state index in [2.05, 4.69) is 16.9 Å². The first kappa shape index (κ1) is 15.7. The van der Waals surface area contributed by atoms with Crippen molar-refractivity contribution in [3.05, 3.63) is 39.9 Å². The molecule has 6 nitrogen and oxygen atoms in total. The number of quaternary nitrogens is 1. The number of fused-ring (bicyclic) bond motifs is 1. The van der Waals surface area contributed by atoms with E-state index in [1.54, 1.807) is 18.2 Å². The Hall–Kier alpha value is -2.21. The van der Waals surface area contributed by atoms with Crippen LogP contribution in [0, 0.1) is 0 Å². The van der Waals surface area contributed by atoms with Gasteiger partial charge in [0.25, 0.3) is 5.56 Å². The summed E-state index contributed by atoms with van der Waals surface area (Å²) in [6, 6.07) is 5.40. The third kappa shape index (κ3) is 3.27. The summed E-state index contributed by atoms with van der Waals surface area (Å²) in [5, 5.41) is 0.489. The lowest BCUT2D eigenvalue weighted by molar-refractivity contribution is -0.942. The van der Waals surface area contributed by atoms with Crippen LogP contribution in [-0.4, -0.2) is 35.6 Å². The minimum atomic E-state index is -0.425. The summed E-state index contributed by atoms with van der Waals surface area (Å²) in [7, 11) is 1.34. The van der Waals surface area contributed by atoms with Crippen molar-refractivity contribution in [2.24, 2.45) is 0 Å². The van der Waals surface area contributed by atoms with Crippen molar-refractivity contribution in [3.63, 3.8) is 0 Å². The van der Waals surface area contributed by atoms with Gasteiger partial charge in [-0.1, -0.05) is 0 Å². The van der Waals surface area contributed by atoms with E-state index in [0.717, 1.165) is 6.54 Å². The molecule has 0 amide bonds. The third-order valence-corrected chi connectivity index (χ3v) is 4.65. The lowest BCUT2D eigenvalue weighted by Crippen LogP contribution is -3.15. The van der Waals surface area contributed by atoms with E-state index < -0.39 is 5.97 Å². The van der Waals surface area contributed by atoms with Crippen molar-refractivity contribution in [1.82, 2.24) is 9.97 Å². The van der Waals surface area contributed by atoms with Crippen molar-refractivity contribution in [1.29, 1.82) is 0 Å². The van der Waals surface area contributed by atoms with Gasteiger partial charge in [-0.05, 0) is 44.4 Å². The number of likely N-dealkylation sites (tertiary alicyclic amines) is 1. The number of esters is 1. The van der Waals surface area contributed by atoms with Gasteiger partial charge in [-0.3, -0.25) is 4.79 Å². The predicted molar refractivity (Wildman–Crippen MR) is 86.5 cm³/mol. The number of benzene rings is 1. The van der Waals surface area contributed by atoms with Gasteiger partial charge in [0.15, 0.2) is 5.82 Å². The molecule has 2 heterocycles. The number of nitrogens with one attached hydrogen (secondary N) is 2. The molecule has 2 N–H and O–H groups in total. The second-order valence-electron chi connectivity index (χ2n) is 6.22. The topological polar surface area (TPSA) is 76.5 Å². The van der Waals surface area contributed by atoms with E-state index in [9.17, 15) is 9.59 Å². The predicted octanol–water partition coefficient (Wildman–Crippen LogP) is 0.667. The molecule has 1 unspecified atom stereocenters. The number of carbonyl (C=O) groups excluding carboxylic acids is 1. The average molecular weight is 316 g/mol. The maximum atomic E-state index is 12.3. The molecular weight excluding hydrogens is 294 g/mol. The van der Waals surface area contributed by atoms with Crippen LogP contribution in [0.15, 0.2) is 23.0 Å². The van der Waals surface area contributed by atoms with Crippen molar-refractivity contribution < 1.29 is 14.4 Å². The number of ether oxygens (including phenoxy) is 1. The Morgan fingerprint density at radius 2 is 2.26 bits per heavy atom. The van der Waals surface area contributed by atoms with Crippen LogP contribution in [-0.2, 0) is 11.3 Å². The number of aromatic nitrogens is 2. The molecule has 0 radical (unpaired) electrons. The molecule has 0 bridgehead atoms. The van der Waals surface area contributed by atoms with E-state index in [1.807, 2.05) is 0 Å². The molecule has 0 saturated carbocycles. The zero-order chi connectivity index (χ0) is 16.4. The summed E-state index contributed by atoms with van der Waals surface area (Å²) >= 11 is 0. The van der Waals surface area contributed by atoms with Gasteiger partial charge < -0.3 is 14.6 Å². The first-order chi connectivity index (χ1) is 11.1. The molecule has 0 aliphatic carbocycles. The van der Waals surface area contributed by atoms with Gasteiger partial charge in [0, 0.05) is 0 Å². The van der Waals surface area contributed by atoms with Gasteiger partial charge in [0.05, 0.1) is 36.2 Å². The van der Waals surface area contributed by atoms with Gasteiger partial charge in [-0.25, -0.2) is 9.78 Å². The molecule has 0 spiro atoms. The Balaban J connectivity index is 1.95. The summed E-state index contributed by atoms with van der Waals surface area (Å²) < 4.78 is 4.72. The Bertz CT molecular complexity index is 784. The number of hydrogen-bond donors (Lipinski definition) is 2. The summed E-state index contributed by atoms with van der Waals surface area (Å²) in [5.74, 6) is 0.249. The van der Waals surface area contributed by atoms with Crippen LogP contribution in [0.5, 0.6) is 0 Å². The Labute approximate surface area is 134 Å². The minimum Gasteiger partial charge on any atom is -0.465 e. The van der Waals surface area contributed by atoms with Crippen LogP contribution in [0.25, 0.3) is 10.9 Å². The monoisotopic (exact) mass is 316 g/mol. The fourth-order valence-corrected chi connectivity index (χ4v) is 3.25. The smallest absolute Gasteiger partial charge is 0.337 e. The van der Waals surface area contributed by atoms with E-state index in [-0.39, 0.29) is 5.56 Å². The number of rotatable bonds is 3. The molecule has 1 saturated heterocycles. The highest BCUT2D eigenvalue weighted by Crippen LogP contribution is 2.11. The lowest BCUT2D eigenvalue weighted by atomic mass is 10.0. The molecule has 1 fully saturated rings. The number of methoxy groups -OCH3 is 1. The standard InChI is InChI=1S/C17H21N3O3/c1-11-5-3-4-8-20(11)10-15-18-14-9-12(17(22)23-2)6-7-13(14)16(21)19-15/h6-7,9,11H,3-5,8,10H2,1-2H3,(H,18,19,21)/p+1/t11-/m1/s1. The quantitative estimate of drug-likeness (QED) is 0.816. The van der Waals surface area contributed by atoms with Gasteiger partial charge in [-0.15, -0.1) is 0 Å². The molecule has 1 aromatic carbocycles. The van der Waals surface area contributed by atoms with Crippen molar-refractivity contribution in [3.8, 4) is 0 Å². The molecule has 1 aromatic heterocycles. The van der Waals surface area contributed by atoms with E-state index in [0.29, 0.717) is 34.9 Å². The number of carbonyl (C=O) groups is 1. The maximum Gasteiger partial charge on any atom is 0.337 e. The molecule has 122 valence electrons. The highest BCUT2D eigenvalue weighted by Gasteiger charge is 2.23. The Morgan fingerprint density at radius 3 is 3.00 bits per heavy atom. The van der Waals surface area contributed by atoms with Crippen LogP contribution in [0.4, 0.5) is 0 Å². The number of aromatic amines is 1. The normalized spacial score (nSPS) is 21.3. The van der Waals surface area contributed by atoms with Crippen molar-refractivity contribution in [2.45, 2.75) is 38.8 Å². The van der Waals surface area contributed by atoms with Crippen LogP contribution in [0.1, 0.15) is 42.4 Å². The fraction of sp³-hybridized carbons (Fsp3) is 0.471. The van der Waals surface area contributed by atoms with Gasteiger partial charge in [0.1, 0.15) is 6.54 Å². The van der Waals surface area contributed by atoms with E-state index in [4.69, 9.17) is 4.74 Å². The fourth-order valence-electron chi connectivity index (χ4n) is 3.25. The number of hydrogen-bond acceptors (Lipinski definition) is 4. The number of piperidine rings is 1. The summed E-state index contributed by atoms with van der Waals surface area (Å²) in [6.45, 7) is 4.04. The molecule has 6 heteroatoms. The summed E-state index contributed by atoms with van der Waals surface area (Å²) in [5.41, 5.74) is 0.781. The molecular formula is C17H22N3O3+. The SMILES string of the molecule is COC(=O)c1ccc2c(=O)[nH]c(C[NH+]3CCCC[C@H]3C)nc2c1. The maximum absolute atomic E-state index is 12.3. The highest BCUT2D eigenvalue weighted by atomic mass is 16.5. The second-order valence-corrected chi connectivity index (χ2v) is 6.22. The van der Waals surface area contributed by atoms with E-state index >= 15 is 0 Å². The Morgan fingerprint density at radius 1 is 1.43 bits per heavy atom. The Kier molecular flexibility index (Phi) is 4.43. The van der Waals surface area contributed by atoms with Crippen LogP contribution >= 0.6 is 0 Å². The van der Waals surface area contributed by atoms with Crippen molar-refractivity contribution in [2.75, 3.05) is 13.7 Å². The largest absolute Gasteiger partial charge is 0.465 e. The highest BCUT2D eigenvalue weighted by molar-refractivity contribution is 5.93. The molecule has 2 atom stereocenters.